The number of amides is 1. The van der Waals surface area contributed by atoms with Crippen molar-refractivity contribution in [1.29, 1.82) is 0 Å². The number of ether oxygens (including phenoxy) is 1. The highest BCUT2D eigenvalue weighted by Crippen LogP contribution is 2.31. The van der Waals surface area contributed by atoms with E-state index in [1.165, 1.54) is 23.7 Å². The van der Waals surface area contributed by atoms with Crippen LogP contribution in [0, 0.1) is 10.1 Å². The second kappa shape index (κ2) is 8.43. The standard InChI is InChI=1S/C15H13F2N3O5S/c1-19-7-9(20(23)24)6-11(19)14(22)25-8-13(21)18-10-4-2-3-5-12(10)26-15(16)17/h2-7,15H,8H2,1H3,(H,18,21). The van der Waals surface area contributed by atoms with Gasteiger partial charge < -0.3 is 14.6 Å². The lowest BCUT2D eigenvalue weighted by atomic mass is 10.3. The van der Waals surface area contributed by atoms with Gasteiger partial charge in [-0.3, -0.25) is 14.9 Å². The Morgan fingerprint density at radius 2 is 2.08 bits per heavy atom. The molecule has 1 aromatic heterocycles. The van der Waals surface area contributed by atoms with E-state index in [4.69, 9.17) is 4.74 Å². The number of esters is 1. The number of aromatic nitrogens is 1. The lowest BCUT2D eigenvalue weighted by molar-refractivity contribution is -0.384. The number of anilines is 1. The lowest BCUT2D eigenvalue weighted by Crippen LogP contribution is -2.22. The fourth-order valence-electron chi connectivity index (χ4n) is 2.01. The maximum atomic E-state index is 12.5. The molecule has 1 heterocycles. The largest absolute Gasteiger partial charge is 0.451 e. The summed E-state index contributed by atoms with van der Waals surface area (Å²) in [6.45, 7) is -0.675. The van der Waals surface area contributed by atoms with Gasteiger partial charge in [-0.05, 0) is 12.1 Å². The second-order valence-electron chi connectivity index (χ2n) is 4.95. The molecule has 2 aromatic rings. The van der Waals surface area contributed by atoms with Gasteiger partial charge in [0.2, 0.25) is 0 Å². The van der Waals surface area contributed by atoms with Gasteiger partial charge in [0, 0.05) is 18.0 Å². The van der Waals surface area contributed by atoms with E-state index in [9.17, 15) is 28.5 Å². The number of hydrogen-bond acceptors (Lipinski definition) is 6. The normalized spacial score (nSPS) is 10.6. The molecule has 2 rings (SSSR count). The van der Waals surface area contributed by atoms with Crippen LogP contribution in [0.4, 0.5) is 20.2 Å². The Balaban J connectivity index is 1.97. The SMILES string of the molecule is Cn1cc([N+](=O)[O-])cc1C(=O)OCC(=O)Nc1ccccc1SC(F)F. The zero-order valence-electron chi connectivity index (χ0n) is 13.3. The minimum atomic E-state index is -2.65. The number of nitrogens with one attached hydrogen (secondary N) is 1. The average molecular weight is 385 g/mol. The van der Waals surface area contributed by atoms with Crippen LogP contribution in [0.25, 0.3) is 0 Å². The molecule has 8 nitrogen and oxygen atoms in total. The fourth-order valence-corrected chi connectivity index (χ4v) is 2.60. The average Bonchev–Trinajstić information content (AvgIpc) is 2.96. The van der Waals surface area contributed by atoms with Gasteiger partial charge in [-0.25, -0.2) is 4.79 Å². The lowest BCUT2D eigenvalue weighted by Gasteiger charge is -2.10. The van der Waals surface area contributed by atoms with Crippen LogP contribution in [0.1, 0.15) is 10.5 Å². The number of alkyl halides is 2. The van der Waals surface area contributed by atoms with Crippen molar-refractivity contribution in [1.82, 2.24) is 4.57 Å². The van der Waals surface area contributed by atoms with E-state index < -0.39 is 29.2 Å². The van der Waals surface area contributed by atoms with Crippen LogP contribution < -0.4 is 5.32 Å². The highest BCUT2D eigenvalue weighted by molar-refractivity contribution is 7.99. The summed E-state index contributed by atoms with van der Waals surface area (Å²) in [6, 6.07) is 6.98. The molecule has 0 atom stereocenters. The van der Waals surface area contributed by atoms with Crippen molar-refractivity contribution in [3.05, 3.63) is 52.3 Å². The molecule has 0 fully saturated rings. The van der Waals surface area contributed by atoms with Gasteiger partial charge in [-0.1, -0.05) is 23.9 Å². The first-order valence-electron chi connectivity index (χ1n) is 7.09. The number of nitro groups is 1. The number of nitrogens with zero attached hydrogens (tertiary/aromatic N) is 2. The monoisotopic (exact) mass is 385 g/mol. The second-order valence-corrected chi connectivity index (χ2v) is 5.98. The van der Waals surface area contributed by atoms with Crippen LogP contribution >= 0.6 is 11.8 Å². The zero-order valence-corrected chi connectivity index (χ0v) is 14.2. The first-order chi connectivity index (χ1) is 12.3. The molecule has 0 bridgehead atoms. The Morgan fingerprint density at radius 1 is 1.38 bits per heavy atom. The summed E-state index contributed by atoms with van der Waals surface area (Å²) in [4.78, 5) is 34.0. The number of aryl methyl sites for hydroxylation is 1. The summed E-state index contributed by atoms with van der Waals surface area (Å²) < 4.78 is 31.0. The molecule has 0 saturated carbocycles. The van der Waals surface area contributed by atoms with Crippen molar-refractivity contribution >= 4 is 35.0 Å². The highest BCUT2D eigenvalue weighted by atomic mass is 32.2. The first-order valence-corrected chi connectivity index (χ1v) is 7.97. The molecule has 0 spiro atoms. The third kappa shape index (κ3) is 5.02. The van der Waals surface area contributed by atoms with Crippen LogP contribution in [0.2, 0.25) is 0 Å². The van der Waals surface area contributed by atoms with E-state index in [1.807, 2.05) is 0 Å². The van der Waals surface area contributed by atoms with E-state index in [1.54, 1.807) is 12.1 Å². The van der Waals surface area contributed by atoms with E-state index in [-0.39, 0.29) is 33.7 Å². The van der Waals surface area contributed by atoms with E-state index in [0.717, 1.165) is 12.3 Å². The predicted molar refractivity (Wildman–Crippen MR) is 89.3 cm³/mol. The van der Waals surface area contributed by atoms with Crippen LogP contribution in [0.3, 0.4) is 0 Å². The van der Waals surface area contributed by atoms with Crippen molar-refractivity contribution in [3.63, 3.8) is 0 Å². The third-order valence-electron chi connectivity index (χ3n) is 3.12. The van der Waals surface area contributed by atoms with Gasteiger partial charge in [0.25, 0.3) is 17.4 Å². The number of halogens is 2. The predicted octanol–water partition coefficient (Wildman–Crippen LogP) is 3.04. The number of rotatable bonds is 7. The quantitative estimate of drug-likeness (QED) is 0.340. The Labute approximate surface area is 150 Å². The molecule has 0 aliphatic rings. The molecule has 1 N–H and O–H groups in total. The minimum Gasteiger partial charge on any atom is -0.451 e. The molecular weight excluding hydrogens is 372 g/mol. The van der Waals surface area contributed by atoms with Gasteiger partial charge in [-0.2, -0.15) is 8.78 Å². The Kier molecular flexibility index (Phi) is 6.28. The summed E-state index contributed by atoms with van der Waals surface area (Å²) >= 11 is 0.273. The van der Waals surface area contributed by atoms with Crippen LogP contribution in [0.15, 0.2) is 41.4 Å². The van der Waals surface area contributed by atoms with E-state index >= 15 is 0 Å². The summed E-state index contributed by atoms with van der Waals surface area (Å²) in [5, 5.41) is 13.1. The number of hydrogen-bond donors (Lipinski definition) is 1. The van der Waals surface area contributed by atoms with Crippen molar-refractivity contribution < 1.29 is 28.0 Å². The van der Waals surface area contributed by atoms with Crippen LogP contribution in [-0.2, 0) is 16.6 Å². The number of carbonyl (C=O) groups excluding carboxylic acids is 2. The Bertz CT molecular complexity index is 840. The van der Waals surface area contributed by atoms with Crippen molar-refractivity contribution in [2.45, 2.75) is 10.7 Å². The summed E-state index contributed by atoms with van der Waals surface area (Å²) in [5.74, 6) is -4.31. The number of carbonyl (C=O) groups is 2. The zero-order chi connectivity index (χ0) is 19.3. The highest BCUT2D eigenvalue weighted by Gasteiger charge is 2.20. The fraction of sp³-hybridized carbons (Fsp3) is 0.200. The summed E-state index contributed by atoms with van der Waals surface area (Å²) in [5.41, 5.74) is -0.228. The minimum absolute atomic E-state index is 0.0989. The van der Waals surface area contributed by atoms with Crippen LogP contribution in [0.5, 0.6) is 0 Å². The molecule has 0 saturated heterocycles. The van der Waals surface area contributed by atoms with Crippen molar-refractivity contribution in [2.24, 2.45) is 7.05 Å². The van der Waals surface area contributed by atoms with Crippen molar-refractivity contribution in [2.75, 3.05) is 11.9 Å². The molecular formula is C15H13F2N3O5S. The molecule has 0 aliphatic heterocycles. The molecule has 26 heavy (non-hydrogen) atoms. The molecule has 11 heteroatoms. The van der Waals surface area contributed by atoms with E-state index in [2.05, 4.69) is 5.32 Å². The molecule has 0 unspecified atom stereocenters. The molecule has 0 radical (unpaired) electrons. The number of para-hydroxylation sites is 1. The topological polar surface area (TPSA) is 103 Å². The van der Waals surface area contributed by atoms with Gasteiger partial charge in [0.1, 0.15) is 5.69 Å². The van der Waals surface area contributed by atoms with Crippen molar-refractivity contribution in [3.8, 4) is 0 Å². The summed E-state index contributed by atoms with van der Waals surface area (Å²) in [7, 11) is 1.42. The van der Waals surface area contributed by atoms with Gasteiger partial charge in [-0.15, -0.1) is 0 Å². The maximum Gasteiger partial charge on any atom is 0.355 e. The van der Waals surface area contributed by atoms with Crippen LogP contribution in [-0.4, -0.2) is 33.7 Å². The number of thioether (sulfide) groups is 1. The molecule has 0 aliphatic carbocycles. The molecule has 1 amide bonds. The third-order valence-corrected chi connectivity index (χ3v) is 3.91. The molecule has 138 valence electrons. The molecule has 1 aromatic carbocycles. The van der Waals surface area contributed by atoms with Gasteiger partial charge >= 0.3 is 5.97 Å². The van der Waals surface area contributed by atoms with Gasteiger partial charge in [0.15, 0.2) is 6.61 Å². The Hall–Kier alpha value is -2.95. The first kappa shape index (κ1) is 19.4. The Morgan fingerprint density at radius 3 is 2.69 bits per heavy atom. The van der Waals surface area contributed by atoms with E-state index in [0.29, 0.717) is 0 Å². The van der Waals surface area contributed by atoms with Gasteiger partial charge in [0.05, 0.1) is 16.8 Å². The number of benzene rings is 1. The smallest absolute Gasteiger partial charge is 0.355 e. The summed E-state index contributed by atoms with van der Waals surface area (Å²) in [6.07, 6.45) is 1.13. The maximum absolute atomic E-state index is 12.5.